The van der Waals surface area contributed by atoms with Gasteiger partial charge in [-0.1, -0.05) is 32.1 Å². The number of likely N-dealkylation sites (tertiary alicyclic amines) is 1. The van der Waals surface area contributed by atoms with Crippen molar-refractivity contribution in [3.63, 3.8) is 0 Å². The second-order valence-corrected chi connectivity index (χ2v) is 10.3. The highest BCUT2D eigenvalue weighted by Crippen LogP contribution is 2.59. The number of ether oxygens (including phenoxy) is 1. The van der Waals surface area contributed by atoms with E-state index in [1.54, 1.807) is 0 Å². The number of aliphatic hydroxyl groups is 1. The van der Waals surface area contributed by atoms with Gasteiger partial charge < -0.3 is 19.7 Å². The number of fused-ring (bicyclic) bond motifs is 2. The fraction of sp³-hybridized carbons (Fsp3) is 0.640. The molecule has 31 heavy (non-hydrogen) atoms. The molecule has 2 heterocycles. The minimum atomic E-state index is -0.473. The van der Waals surface area contributed by atoms with Gasteiger partial charge in [-0.15, -0.1) is 0 Å². The molecule has 3 atom stereocenters. The van der Waals surface area contributed by atoms with Crippen molar-refractivity contribution in [1.29, 1.82) is 0 Å². The van der Waals surface area contributed by atoms with Crippen LogP contribution in [0.5, 0.6) is 0 Å². The van der Waals surface area contributed by atoms with E-state index in [1.165, 1.54) is 18.4 Å². The van der Waals surface area contributed by atoms with E-state index in [0.29, 0.717) is 31.1 Å². The standard InChI is InChI=1S/C25H35N3O3/c1-25(2)18-8-7-17(21(25)13-18)15-31-16-20(29)14-27-11-9-19(10-12-27)28-23-6-4-3-5-22(23)26-24(28)30/h3-7,18-21,29H,8-16H2,1-2H3,(H,26,30). The average molecular weight is 426 g/mol. The van der Waals surface area contributed by atoms with Crippen molar-refractivity contribution in [3.8, 4) is 0 Å². The highest BCUT2D eigenvalue weighted by atomic mass is 16.5. The molecule has 1 saturated carbocycles. The number of nitrogens with zero attached hydrogens (tertiary/aromatic N) is 2. The Balaban J connectivity index is 1.08. The summed E-state index contributed by atoms with van der Waals surface area (Å²) in [6.07, 6.45) is 6.21. The fourth-order valence-corrected chi connectivity index (χ4v) is 6.10. The Morgan fingerprint density at radius 1 is 1.26 bits per heavy atom. The van der Waals surface area contributed by atoms with E-state index in [2.05, 4.69) is 29.8 Å². The molecule has 3 unspecified atom stereocenters. The minimum absolute atomic E-state index is 0.0222. The molecular weight excluding hydrogens is 390 g/mol. The van der Waals surface area contributed by atoms with Gasteiger partial charge in [0, 0.05) is 25.7 Å². The first-order valence-corrected chi connectivity index (χ1v) is 11.8. The SMILES string of the molecule is CC1(C)C2CC=C(COCC(O)CN3CCC(n4c(=O)[nH]c5ccccc54)CC3)C1C2. The van der Waals surface area contributed by atoms with Crippen molar-refractivity contribution in [2.24, 2.45) is 17.3 Å². The molecular formula is C25H35N3O3. The molecule has 6 rings (SSSR count). The molecule has 2 bridgehead atoms. The van der Waals surface area contributed by atoms with E-state index in [0.717, 1.165) is 42.9 Å². The third kappa shape index (κ3) is 3.90. The zero-order chi connectivity index (χ0) is 21.6. The van der Waals surface area contributed by atoms with Crippen molar-refractivity contribution in [1.82, 2.24) is 14.5 Å². The molecule has 0 amide bonds. The number of nitrogens with one attached hydrogen (secondary N) is 1. The number of imidazole rings is 1. The summed E-state index contributed by atoms with van der Waals surface area (Å²) in [5, 5.41) is 10.5. The summed E-state index contributed by atoms with van der Waals surface area (Å²) in [7, 11) is 0. The molecule has 1 aromatic carbocycles. The molecule has 168 valence electrons. The van der Waals surface area contributed by atoms with Crippen LogP contribution in [-0.2, 0) is 4.74 Å². The van der Waals surface area contributed by atoms with Gasteiger partial charge in [0.25, 0.3) is 0 Å². The number of hydrogen-bond acceptors (Lipinski definition) is 4. The highest BCUT2D eigenvalue weighted by Gasteiger charge is 2.50. The number of allylic oxidation sites excluding steroid dienone is 1. The number of para-hydroxylation sites is 2. The lowest BCUT2D eigenvalue weighted by Crippen LogP contribution is -2.48. The van der Waals surface area contributed by atoms with Crippen molar-refractivity contribution >= 4 is 11.0 Å². The first-order chi connectivity index (χ1) is 14.9. The lowest BCUT2D eigenvalue weighted by molar-refractivity contribution is -0.0269. The van der Waals surface area contributed by atoms with Crippen LogP contribution in [0.15, 0.2) is 40.7 Å². The number of hydrogen-bond donors (Lipinski definition) is 2. The number of H-pyrrole nitrogens is 1. The van der Waals surface area contributed by atoms with Gasteiger partial charge in [0.05, 0.1) is 30.4 Å². The van der Waals surface area contributed by atoms with Gasteiger partial charge in [-0.25, -0.2) is 4.79 Å². The fourth-order valence-electron chi connectivity index (χ4n) is 6.10. The Bertz CT molecular complexity index is 1010. The monoisotopic (exact) mass is 425 g/mol. The Hall–Kier alpha value is -1.89. The van der Waals surface area contributed by atoms with E-state index >= 15 is 0 Å². The second-order valence-electron chi connectivity index (χ2n) is 10.3. The van der Waals surface area contributed by atoms with E-state index in [4.69, 9.17) is 4.74 Å². The first kappa shape index (κ1) is 21.0. The van der Waals surface area contributed by atoms with Crippen LogP contribution in [0.2, 0.25) is 0 Å². The van der Waals surface area contributed by atoms with Gasteiger partial charge in [0.2, 0.25) is 0 Å². The van der Waals surface area contributed by atoms with Crippen LogP contribution in [0.1, 0.15) is 45.6 Å². The van der Waals surface area contributed by atoms with Gasteiger partial charge in [-0.3, -0.25) is 4.57 Å². The smallest absolute Gasteiger partial charge is 0.326 e. The maximum Gasteiger partial charge on any atom is 0.326 e. The van der Waals surface area contributed by atoms with Gasteiger partial charge >= 0.3 is 5.69 Å². The summed E-state index contributed by atoms with van der Waals surface area (Å²) in [4.78, 5) is 17.7. The molecule has 1 saturated heterocycles. The Morgan fingerprint density at radius 2 is 2.03 bits per heavy atom. The number of aromatic amines is 1. The van der Waals surface area contributed by atoms with Crippen molar-refractivity contribution < 1.29 is 9.84 Å². The molecule has 0 spiro atoms. The maximum atomic E-state index is 12.4. The summed E-state index contributed by atoms with van der Waals surface area (Å²) in [6, 6.07) is 8.09. The van der Waals surface area contributed by atoms with Crippen LogP contribution in [0.3, 0.4) is 0 Å². The summed E-state index contributed by atoms with van der Waals surface area (Å²) in [5.74, 6) is 1.50. The number of benzene rings is 1. The van der Waals surface area contributed by atoms with Gasteiger partial charge in [0.15, 0.2) is 0 Å². The van der Waals surface area contributed by atoms with E-state index in [-0.39, 0.29) is 11.7 Å². The first-order valence-electron chi connectivity index (χ1n) is 11.8. The van der Waals surface area contributed by atoms with Gasteiger partial charge in [0.1, 0.15) is 0 Å². The topological polar surface area (TPSA) is 70.5 Å². The van der Waals surface area contributed by atoms with Gasteiger partial charge in [-0.05, 0) is 60.6 Å². The van der Waals surface area contributed by atoms with Crippen LogP contribution < -0.4 is 5.69 Å². The Morgan fingerprint density at radius 3 is 2.77 bits per heavy atom. The quantitative estimate of drug-likeness (QED) is 0.668. The Labute approximate surface area is 183 Å². The molecule has 6 heteroatoms. The zero-order valence-electron chi connectivity index (χ0n) is 18.7. The normalized spacial score (nSPS) is 27.1. The Kier molecular flexibility index (Phi) is 5.57. The largest absolute Gasteiger partial charge is 0.389 e. The summed E-state index contributed by atoms with van der Waals surface area (Å²) in [6.45, 7) is 8.20. The molecule has 2 aromatic rings. The molecule has 3 aliphatic carbocycles. The van der Waals surface area contributed by atoms with E-state index < -0.39 is 6.10 Å². The number of aliphatic hydroxyl groups excluding tert-OH is 1. The maximum absolute atomic E-state index is 12.4. The number of rotatable bonds is 7. The molecule has 1 aliphatic heterocycles. The van der Waals surface area contributed by atoms with Crippen LogP contribution in [0.4, 0.5) is 0 Å². The summed E-state index contributed by atoms with van der Waals surface area (Å²) < 4.78 is 7.83. The van der Waals surface area contributed by atoms with Gasteiger partial charge in [-0.2, -0.15) is 0 Å². The molecule has 1 aromatic heterocycles. The molecule has 2 fully saturated rings. The molecule has 2 N–H and O–H groups in total. The van der Waals surface area contributed by atoms with Crippen LogP contribution in [0.25, 0.3) is 11.0 Å². The highest BCUT2D eigenvalue weighted by molar-refractivity contribution is 5.75. The third-order valence-corrected chi connectivity index (χ3v) is 8.18. The van der Waals surface area contributed by atoms with Crippen molar-refractivity contribution in [3.05, 3.63) is 46.4 Å². The van der Waals surface area contributed by atoms with Crippen LogP contribution in [-0.4, -0.2) is 58.5 Å². The molecule has 6 nitrogen and oxygen atoms in total. The van der Waals surface area contributed by atoms with E-state index in [9.17, 15) is 9.90 Å². The lowest BCUT2D eigenvalue weighted by atomic mass is 9.49. The number of aromatic nitrogens is 2. The predicted octanol–water partition coefficient (Wildman–Crippen LogP) is 3.34. The molecule has 0 radical (unpaired) electrons. The predicted molar refractivity (Wildman–Crippen MR) is 122 cm³/mol. The second kappa shape index (κ2) is 8.23. The average Bonchev–Trinajstić information content (AvgIpc) is 3.10. The summed E-state index contributed by atoms with van der Waals surface area (Å²) >= 11 is 0. The summed E-state index contributed by atoms with van der Waals surface area (Å²) in [5.41, 5.74) is 3.72. The minimum Gasteiger partial charge on any atom is -0.389 e. The van der Waals surface area contributed by atoms with Crippen LogP contribution in [0, 0.1) is 17.3 Å². The van der Waals surface area contributed by atoms with Crippen LogP contribution >= 0.6 is 0 Å². The third-order valence-electron chi connectivity index (χ3n) is 8.18. The van der Waals surface area contributed by atoms with E-state index in [1.807, 2.05) is 28.8 Å². The van der Waals surface area contributed by atoms with Crippen molar-refractivity contribution in [2.45, 2.75) is 51.7 Å². The van der Waals surface area contributed by atoms with Crippen molar-refractivity contribution in [2.75, 3.05) is 32.8 Å². The number of piperidine rings is 1. The lowest BCUT2D eigenvalue weighted by Gasteiger charge is -2.56. The zero-order valence-corrected chi connectivity index (χ0v) is 18.7. The molecule has 4 aliphatic rings. The number of β-amino-alcohol motifs (C(OH)–C–C–N with tert-alkyl or cyclic N) is 1.